The van der Waals surface area contributed by atoms with Gasteiger partial charge in [0.15, 0.2) is 8.24 Å². The van der Waals surface area contributed by atoms with Gasteiger partial charge in [-0.2, -0.15) is 0 Å². The normalized spacial score (nSPS) is 12.7. The van der Waals surface area contributed by atoms with E-state index in [4.69, 9.17) is 4.98 Å². The van der Waals surface area contributed by atoms with Gasteiger partial charge in [0.2, 0.25) is 0 Å². The van der Waals surface area contributed by atoms with Gasteiger partial charge in [0.1, 0.15) is 5.65 Å². The first-order valence-corrected chi connectivity index (χ1v) is 13.7. The smallest absolute Gasteiger partial charge is 0.171 e. The van der Waals surface area contributed by atoms with E-state index in [0.29, 0.717) is 22.7 Å². The maximum absolute atomic E-state index is 4.93. The Bertz CT molecular complexity index is 935. The molecule has 3 rings (SSSR count). The van der Waals surface area contributed by atoms with Gasteiger partial charge in [0, 0.05) is 29.9 Å². The molecule has 2 heterocycles. The number of benzene rings is 1. The highest BCUT2D eigenvalue weighted by molar-refractivity contribution is 6.82. The summed E-state index contributed by atoms with van der Waals surface area (Å²) < 4.78 is 2.62. The highest BCUT2D eigenvalue weighted by atomic mass is 28.3. The molecule has 3 aromatic rings. The summed E-state index contributed by atoms with van der Waals surface area (Å²) in [5, 5.41) is 1.28. The lowest BCUT2D eigenvalue weighted by Gasteiger charge is -2.44. The van der Waals surface area contributed by atoms with E-state index in [1.54, 1.807) is 0 Å². The molecule has 162 valence electrons. The number of aromatic nitrogens is 2. The maximum Gasteiger partial charge on any atom is 0.171 e. The first kappa shape index (κ1) is 22.6. The van der Waals surface area contributed by atoms with Crippen LogP contribution < -0.4 is 4.90 Å². The molecule has 1 aromatic carbocycles. The lowest BCUT2D eigenvalue weighted by molar-refractivity contribution is 0.684. The number of rotatable bonds is 8. The van der Waals surface area contributed by atoms with Crippen LogP contribution in [0.25, 0.3) is 11.0 Å². The molecule has 0 bridgehead atoms. The van der Waals surface area contributed by atoms with E-state index in [1.807, 2.05) is 6.20 Å². The fourth-order valence-electron chi connectivity index (χ4n) is 5.75. The van der Waals surface area contributed by atoms with Gasteiger partial charge in [-0.25, -0.2) is 4.98 Å². The van der Waals surface area contributed by atoms with Crippen molar-refractivity contribution in [3.63, 3.8) is 0 Å². The topological polar surface area (TPSA) is 21.1 Å². The third kappa shape index (κ3) is 3.82. The van der Waals surface area contributed by atoms with Gasteiger partial charge >= 0.3 is 0 Å². The van der Waals surface area contributed by atoms with Crippen LogP contribution in [0.4, 0.5) is 5.69 Å². The van der Waals surface area contributed by atoms with Crippen LogP contribution in [0.3, 0.4) is 0 Å². The number of anilines is 1. The van der Waals surface area contributed by atoms with Crippen LogP contribution in [0.1, 0.15) is 61.0 Å². The van der Waals surface area contributed by atoms with E-state index in [0.717, 1.165) is 12.2 Å². The standard InChI is InChI=1S/C26H39N3Si/c1-19(2)28(18-23-12-10-9-11-13-23)25-14-16-27-26-24(25)15-17-29(26)30(20(3)4,21(5)6)22(7)8/h9-17,19-22H,18H2,1-8H3. The van der Waals surface area contributed by atoms with Crippen molar-refractivity contribution < 1.29 is 0 Å². The lowest BCUT2D eigenvalue weighted by Crippen LogP contribution is -2.51. The Labute approximate surface area is 184 Å². The molecule has 0 radical (unpaired) electrons. The van der Waals surface area contributed by atoms with E-state index >= 15 is 0 Å². The number of pyridine rings is 1. The van der Waals surface area contributed by atoms with Crippen molar-refractivity contribution in [1.82, 2.24) is 9.22 Å². The second kappa shape index (κ2) is 8.97. The molecule has 2 aromatic heterocycles. The summed E-state index contributed by atoms with van der Waals surface area (Å²) in [4.78, 5) is 7.44. The van der Waals surface area contributed by atoms with Crippen molar-refractivity contribution in [3.05, 3.63) is 60.4 Å². The minimum atomic E-state index is -1.84. The lowest BCUT2D eigenvalue weighted by atomic mass is 10.1. The van der Waals surface area contributed by atoms with Gasteiger partial charge in [0.25, 0.3) is 0 Å². The van der Waals surface area contributed by atoms with E-state index < -0.39 is 8.24 Å². The zero-order valence-electron chi connectivity index (χ0n) is 20.1. The Balaban J connectivity index is 2.17. The van der Waals surface area contributed by atoms with Crippen molar-refractivity contribution in [2.45, 2.75) is 84.6 Å². The Morgan fingerprint density at radius 3 is 1.97 bits per heavy atom. The quantitative estimate of drug-likeness (QED) is 0.352. The molecule has 0 saturated heterocycles. The van der Waals surface area contributed by atoms with Crippen LogP contribution in [0, 0.1) is 0 Å². The minimum Gasteiger partial charge on any atom is -0.364 e. The Kier molecular flexibility index (Phi) is 6.76. The van der Waals surface area contributed by atoms with Crippen molar-refractivity contribution >= 4 is 25.0 Å². The molecular weight excluding hydrogens is 382 g/mol. The third-order valence-electron chi connectivity index (χ3n) is 6.88. The first-order valence-electron chi connectivity index (χ1n) is 11.5. The van der Waals surface area contributed by atoms with Crippen LogP contribution in [0.5, 0.6) is 0 Å². The molecule has 0 N–H and O–H groups in total. The van der Waals surface area contributed by atoms with Crippen LogP contribution in [0.2, 0.25) is 16.6 Å². The molecule has 0 aliphatic heterocycles. The van der Waals surface area contributed by atoms with Crippen molar-refractivity contribution in [2.24, 2.45) is 0 Å². The summed E-state index contributed by atoms with van der Waals surface area (Å²) in [5.41, 5.74) is 5.72. The fraction of sp³-hybridized carbons (Fsp3) is 0.500. The molecule has 3 nitrogen and oxygen atoms in total. The van der Waals surface area contributed by atoms with Crippen molar-refractivity contribution in [1.29, 1.82) is 0 Å². The van der Waals surface area contributed by atoms with E-state index in [2.05, 4.69) is 113 Å². The highest BCUT2D eigenvalue weighted by Crippen LogP contribution is 2.44. The Morgan fingerprint density at radius 1 is 0.833 bits per heavy atom. The Hall–Kier alpha value is -2.07. The molecular formula is C26H39N3Si. The zero-order valence-corrected chi connectivity index (χ0v) is 21.1. The summed E-state index contributed by atoms with van der Waals surface area (Å²) in [6.07, 6.45) is 4.35. The van der Waals surface area contributed by atoms with E-state index in [9.17, 15) is 0 Å². The summed E-state index contributed by atoms with van der Waals surface area (Å²) in [6.45, 7) is 20.0. The molecule has 0 aliphatic rings. The van der Waals surface area contributed by atoms with Gasteiger partial charge in [-0.1, -0.05) is 71.9 Å². The number of nitrogens with zero attached hydrogens (tertiary/aromatic N) is 3. The van der Waals surface area contributed by atoms with Gasteiger partial charge in [-0.15, -0.1) is 0 Å². The average molecular weight is 422 g/mol. The Morgan fingerprint density at radius 2 is 1.43 bits per heavy atom. The average Bonchev–Trinajstić information content (AvgIpc) is 3.11. The number of hydrogen-bond donors (Lipinski definition) is 0. The molecule has 0 aliphatic carbocycles. The summed E-state index contributed by atoms with van der Waals surface area (Å²) in [7, 11) is -1.84. The monoisotopic (exact) mass is 421 g/mol. The first-order chi connectivity index (χ1) is 14.2. The highest BCUT2D eigenvalue weighted by Gasteiger charge is 2.46. The zero-order chi connectivity index (χ0) is 22.1. The van der Waals surface area contributed by atoms with Crippen molar-refractivity contribution in [3.8, 4) is 0 Å². The van der Waals surface area contributed by atoms with Gasteiger partial charge < -0.3 is 9.13 Å². The van der Waals surface area contributed by atoms with Gasteiger partial charge in [-0.05, 0) is 54.4 Å². The number of fused-ring (bicyclic) bond motifs is 1. The van der Waals surface area contributed by atoms with E-state index in [1.165, 1.54) is 16.6 Å². The molecule has 4 heteroatoms. The molecule has 0 fully saturated rings. The second-order valence-corrected chi connectivity index (χ2v) is 15.5. The van der Waals surface area contributed by atoms with Crippen LogP contribution in [-0.4, -0.2) is 23.5 Å². The predicted molar refractivity (Wildman–Crippen MR) is 134 cm³/mol. The SMILES string of the molecule is CC(C)N(Cc1ccccc1)c1ccnc2c1ccn2[Si](C(C)C)(C(C)C)C(C)C. The molecule has 0 atom stereocenters. The molecule has 0 saturated carbocycles. The molecule has 0 amide bonds. The van der Waals surface area contributed by atoms with Crippen LogP contribution in [-0.2, 0) is 6.54 Å². The third-order valence-corrected chi connectivity index (χ3v) is 13.6. The summed E-state index contributed by atoms with van der Waals surface area (Å²) in [6, 6.07) is 15.7. The summed E-state index contributed by atoms with van der Waals surface area (Å²) >= 11 is 0. The minimum absolute atomic E-state index is 0.404. The second-order valence-electron chi connectivity index (χ2n) is 9.81. The summed E-state index contributed by atoms with van der Waals surface area (Å²) in [5.74, 6) is 0. The van der Waals surface area contributed by atoms with Crippen LogP contribution in [0.15, 0.2) is 54.9 Å². The predicted octanol–water partition coefficient (Wildman–Crippen LogP) is 7.47. The van der Waals surface area contributed by atoms with Crippen molar-refractivity contribution in [2.75, 3.05) is 4.90 Å². The molecule has 0 unspecified atom stereocenters. The molecule has 30 heavy (non-hydrogen) atoms. The van der Waals surface area contributed by atoms with Gasteiger partial charge in [0.05, 0.1) is 0 Å². The number of hydrogen-bond acceptors (Lipinski definition) is 2. The van der Waals surface area contributed by atoms with Gasteiger partial charge in [-0.3, -0.25) is 0 Å². The molecule has 0 spiro atoms. The van der Waals surface area contributed by atoms with Crippen LogP contribution >= 0.6 is 0 Å². The maximum atomic E-state index is 4.93. The fourth-order valence-corrected chi connectivity index (χ4v) is 12.3. The largest absolute Gasteiger partial charge is 0.364 e. The van der Waals surface area contributed by atoms with E-state index in [-0.39, 0.29) is 0 Å².